The number of fused-ring (bicyclic) bond motifs is 2. The topological polar surface area (TPSA) is 6.48 Å². The summed E-state index contributed by atoms with van der Waals surface area (Å²) in [5.41, 5.74) is 19.3. The standard InChI is InChI=1S/C62H60N2/c1-41-21-25-49(26-22-41)63(53-35-43(3)33-47(37-53)61(5,6)7)51-29-31-55-57(39-51)59(45-17-13-11-14-18-45)56-32-30-52(40-58(56)60(55)46-19-15-12-16-20-46)64(50-27-23-42(2)24-28-50)54-36-44(4)34-48(38-54)62(8,9)10/h11-40H,1-10H3. The molecule has 0 aliphatic heterocycles. The number of benzene rings is 9. The molecule has 0 aromatic heterocycles. The van der Waals surface area contributed by atoms with E-state index in [1.54, 1.807) is 0 Å². The first-order valence-corrected chi connectivity index (χ1v) is 22.7. The predicted octanol–water partition coefficient (Wildman–Crippen LogP) is 18.1. The van der Waals surface area contributed by atoms with Crippen LogP contribution in [0.2, 0.25) is 0 Å². The third-order valence-corrected chi connectivity index (χ3v) is 12.7. The van der Waals surface area contributed by atoms with Crippen LogP contribution in [0.5, 0.6) is 0 Å². The van der Waals surface area contributed by atoms with Crippen LogP contribution >= 0.6 is 0 Å². The molecule has 0 saturated heterocycles. The maximum atomic E-state index is 2.44. The molecule has 0 saturated carbocycles. The van der Waals surface area contributed by atoms with Gasteiger partial charge in [0.05, 0.1) is 0 Å². The van der Waals surface area contributed by atoms with Crippen LogP contribution in [0.3, 0.4) is 0 Å². The molecule has 0 bridgehead atoms. The summed E-state index contributed by atoms with van der Waals surface area (Å²) in [7, 11) is 0. The van der Waals surface area contributed by atoms with Crippen molar-refractivity contribution in [2.45, 2.75) is 80.1 Å². The fraction of sp³-hybridized carbons (Fsp3) is 0.194. The molecule has 0 atom stereocenters. The average molecular weight is 833 g/mol. The molecular formula is C62H60N2. The number of hydrogen-bond donors (Lipinski definition) is 0. The lowest BCUT2D eigenvalue weighted by Gasteiger charge is -2.30. The van der Waals surface area contributed by atoms with Crippen molar-refractivity contribution in [2.75, 3.05) is 9.80 Å². The summed E-state index contributed by atoms with van der Waals surface area (Å²) in [6.07, 6.45) is 0. The highest BCUT2D eigenvalue weighted by Gasteiger charge is 2.24. The summed E-state index contributed by atoms with van der Waals surface area (Å²) in [6.45, 7) is 22.6. The SMILES string of the molecule is Cc1ccc(N(c2cc(C)cc(C(C)(C)C)c2)c2ccc3c(-c4ccccc4)c4cc(N(c5ccc(C)cc5)c5cc(C)cc(C(C)(C)C)c5)ccc4c(-c4ccccc4)c3c2)cc1. The Morgan fingerprint density at radius 2 is 0.625 bits per heavy atom. The van der Waals surface area contributed by atoms with Crippen molar-refractivity contribution < 1.29 is 0 Å². The molecule has 2 nitrogen and oxygen atoms in total. The van der Waals surface area contributed by atoms with E-state index >= 15 is 0 Å². The van der Waals surface area contributed by atoms with E-state index in [4.69, 9.17) is 0 Å². The van der Waals surface area contributed by atoms with Crippen molar-refractivity contribution in [3.05, 3.63) is 215 Å². The quantitative estimate of drug-likeness (QED) is 0.141. The molecule has 0 aliphatic rings. The number of rotatable bonds is 8. The number of hydrogen-bond acceptors (Lipinski definition) is 2. The molecule has 0 heterocycles. The zero-order chi connectivity index (χ0) is 44.9. The van der Waals surface area contributed by atoms with Gasteiger partial charge in [-0.25, -0.2) is 0 Å². The van der Waals surface area contributed by atoms with E-state index in [2.05, 4.69) is 261 Å². The zero-order valence-electron chi connectivity index (χ0n) is 39.2. The Balaban J connectivity index is 1.37. The summed E-state index contributed by atoms with van der Waals surface area (Å²) in [4.78, 5) is 4.89. The number of aryl methyl sites for hydroxylation is 4. The van der Waals surface area contributed by atoms with Gasteiger partial charge in [0.15, 0.2) is 0 Å². The zero-order valence-corrected chi connectivity index (χ0v) is 39.2. The minimum Gasteiger partial charge on any atom is -0.310 e. The lowest BCUT2D eigenvalue weighted by Crippen LogP contribution is -2.15. The van der Waals surface area contributed by atoms with Gasteiger partial charge in [0.25, 0.3) is 0 Å². The molecule has 0 radical (unpaired) electrons. The fourth-order valence-corrected chi connectivity index (χ4v) is 9.25. The van der Waals surface area contributed by atoms with Gasteiger partial charge < -0.3 is 9.80 Å². The molecule has 0 N–H and O–H groups in total. The Bertz CT molecular complexity index is 2910. The summed E-state index contributed by atoms with van der Waals surface area (Å²) < 4.78 is 0. The smallest absolute Gasteiger partial charge is 0.0468 e. The van der Waals surface area contributed by atoms with E-state index in [9.17, 15) is 0 Å². The molecule has 9 aromatic carbocycles. The van der Waals surface area contributed by atoms with E-state index in [0.29, 0.717) is 0 Å². The molecule has 64 heavy (non-hydrogen) atoms. The second kappa shape index (κ2) is 16.7. The molecule has 0 aliphatic carbocycles. The monoisotopic (exact) mass is 832 g/mol. The second-order valence-corrected chi connectivity index (χ2v) is 19.9. The van der Waals surface area contributed by atoms with Crippen LogP contribution in [-0.2, 0) is 10.8 Å². The van der Waals surface area contributed by atoms with Crippen LogP contribution in [0, 0.1) is 27.7 Å². The Kier molecular flexibility index (Phi) is 11.0. The van der Waals surface area contributed by atoms with E-state index in [1.807, 2.05) is 0 Å². The van der Waals surface area contributed by atoms with Gasteiger partial charge in [-0.2, -0.15) is 0 Å². The lowest BCUT2D eigenvalue weighted by atomic mass is 9.84. The maximum absolute atomic E-state index is 2.44. The average Bonchev–Trinajstić information content (AvgIpc) is 3.26. The minimum absolute atomic E-state index is 0.00477. The predicted molar refractivity (Wildman–Crippen MR) is 278 cm³/mol. The molecule has 0 unspecified atom stereocenters. The first kappa shape index (κ1) is 42.4. The summed E-state index contributed by atoms with van der Waals surface area (Å²) in [6, 6.07) is 68.3. The lowest BCUT2D eigenvalue weighted by molar-refractivity contribution is 0.589. The van der Waals surface area contributed by atoms with Gasteiger partial charge in [-0.05, 0) is 177 Å². The minimum atomic E-state index is -0.00477. The van der Waals surface area contributed by atoms with E-state index < -0.39 is 0 Å². The Morgan fingerprint density at radius 1 is 0.281 bits per heavy atom. The van der Waals surface area contributed by atoms with Crippen molar-refractivity contribution >= 4 is 55.7 Å². The van der Waals surface area contributed by atoms with Crippen LogP contribution in [0.25, 0.3) is 43.8 Å². The molecule has 0 spiro atoms. The number of nitrogens with zero attached hydrogens (tertiary/aromatic N) is 2. The molecular weight excluding hydrogens is 773 g/mol. The Labute approximate surface area is 381 Å². The highest BCUT2D eigenvalue weighted by Crippen LogP contribution is 2.49. The highest BCUT2D eigenvalue weighted by atomic mass is 15.1. The first-order valence-electron chi connectivity index (χ1n) is 22.7. The third-order valence-electron chi connectivity index (χ3n) is 12.7. The Hall–Kier alpha value is -6.90. The third kappa shape index (κ3) is 8.33. The maximum Gasteiger partial charge on any atom is 0.0468 e. The van der Waals surface area contributed by atoms with Gasteiger partial charge in [0.2, 0.25) is 0 Å². The molecule has 9 rings (SSSR count). The van der Waals surface area contributed by atoms with Gasteiger partial charge in [-0.3, -0.25) is 0 Å². The van der Waals surface area contributed by atoms with Gasteiger partial charge >= 0.3 is 0 Å². The molecule has 0 fully saturated rings. The normalized spacial score (nSPS) is 11.9. The van der Waals surface area contributed by atoms with Gasteiger partial charge in [0, 0.05) is 34.1 Å². The van der Waals surface area contributed by atoms with Crippen molar-refractivity contribution in [1.82, 2.24) is 0 Å². The number of anilines is 6. The molecule has 2 heteroatoms. The van der Waals surface area contributed by atoms with Crippen molar-refractivity contribution in [1.29, 1.82) is 0 Å². The summed E-state index contributed by atoms with van der Waals surface area (Å²) in [5.74, 6) is 0. The molecule has 9 aromatic rings. The van der Waals surface area contributed by atoms with Gasteiger partial charge in [-0.1, -0.05) is 162 Å². The van der Waals surface area contributed by atoms with Crippen LogP contribution in [-0.4, -0.2) is 0 Å². The van der Waals surface area contributed by atoms with E-state index in [-0.39, 0.29) is 10.8 Å². The van der Waals surface area contributed by atoms with E-state index in [0.717, 1.165) is 34.1 Å². The van der Waals surface area contributed by atoms with Crippen LogP contribution in [0.15, 0.2) is 182 Å². The second-order valence-electron chi connectivity index (χ2n) is 19.9. The highest BCUT2D eigenvalue weighted by molar-refractivity contribution is 6.22. The van der Waals surface area contributed by atoms with Crippen LogP contribution in [0.4, 0.5) is 34.1 Å². The van der Waals surface area contributed by atoms with Crippen molar-refractivity contribution in [3.8, 4) is 22.3 Å². The van der Waals surface area contributed by atoms with Crippen molar-refractivity contribution in [3.63, 3.8) is 0 Å². The van der Waals surface area contributed by atoms with Gasteiger partial charge in [0.1, 0.15) is 0 Å². The molecule has 0 amide bonds. The van der Waals surface area contributed by atoms with Crippen LogP contribution in [0.1, 0.15) is 74.9 Å². The largest absolute Gasteiger partial charge is 0.310 e. The molecule has 318 valence electrons. The summed E-state index contributed by atoms with van der Waals surface area (Å²) >= 11 is 0. The first-order chi connectivity index (χ1) is 30.6. The van der Waals surface area contributed by atoms with Gasteiger partial charge in [-0.15, -0.1) is 0 Å². The van der Waals surface area contributed by atoms with Crippen LogP contribution < -0.4 is 9.80 Å². The summed E-state index contributed by atoms with van der Waals surface area (Å²) in [5, 5.41) is 4.86. The fourth-order valence-electron chi connectivity index (χ4n) is 9.25. The Morgan fingerprint density at radius 3 is 0.969 bits per heavy atom. The van der Waals surface area contributed by atoms with Crippen molar-refractivity contribution in [2.24, 2.45) is 0 Å². The van der Waals surface area contributed by atoms with E-state index in [1.165, 1.54) is 77.2 Å².